The summed E-state index contributed by atoms with van der Waals surface area (Å²) >= 11 is 0. The van der Waals surface area contributed by atoms with E-state index in [1.165, 1.54) is 24.1 Å². The summed E-state index contributed by atoms with van der Waals surface area (Å²) in [5, 5.41) is 29.6. The van der Waals surface area contributed by atoms with Crippen LogP contribution in [0.3, 0.4) is 0 Å². The lowest BCUT2D eigenvalue weighted by molar-refractivity contribution is -0.384. The van der Waals surface area contributed by atoms with Gasteiger partial charge in [0.25, 0.3) is 5.69 Å². The van der Waals surface area contributed by atoms with Crippen LogP contribution in [0.2, 0.25) is 0 Å². The third-order valence-corrected chi connectivity index (χ3v) is 6.01. The highest BCUT2D eigenvalue weighted by Crippen LogP contribution is 2.38. The molecule has 0 spiro atoms. The SMILES string of the molecule is COC(=O)N1C(C)=CC(c2cccc([N+](=O)[O-])c2)C(C(=O)OCCc2ccc(OCC(O)CO)cc2)=C1C. The fourth-order valence-electron chi connectivity index (χ4n) is 4.09. The first-order valence-electron chi connectivity index (χ1n) is 11.9. The molecule has 0 aliphatic carbocycles. The third kappa shape index (κ3) is 6.75. The second-order valence-corrected chi connectivity index (χ2v) is 8.62. The van der Waals surface area contributed by atoms with Gasteiger partial charge in [0.15, 0.2) is 0 Å². The first-order chi connectivity index (χ1) is 18.2. The van der Waals surface area contributed by atoms with Crippen LogP contribution in [0, 0.1) is 10.1 Å². The van der Waals surface area contributed by atoms with Crippen LogP contribution in [0.1, 0.15) is 30.9 Å². The van der Waals surface area contributed by atoms with Crippen molar-refractivity contribution in [1.29, 1.82) is 0 Å². The van der Waals surface area contributed by atoms with Gasteiger partial charge in [-0.25, -0.2) is 9.59 Å². The summed E-state index contributed by atoms with van der Waals surface area (Å²) in [5.74, 6) is -0.810. The van der Waals surface area contributed by atoms with Crippen LogP contribution in [0.5, 0.6) is 5.75 Å². The lowest BCUT2D eigenvalue weighted by atomic mass is 9.86. The smallest absolute Gasteiger partial charge is 0.418 e. The summed E-state index contributed by atoms with van der Waals surface area (Å²) in [6.45, 7) is 2.89. The van der Waals surface area contributed by atoms with E-state index >= 15 is 0 Å². The van der Waals surface area contributed by atoms with E-state index < -0.39 is 35.6 Å². The van der Waals surface area contributed by atoms with Crippen molar-refractivity contribution in [3.05, 3.63) is 92.8 Å². The number of nitro benzene ring substituents is 1. The van der Waals surface area contributed by atoms with E-state index in [1.807, 2.05) is 0 Å². The Morgan fingerprint density at radius 3 is 2.50 bits per heavy atom. The molecule has 1 heterocycles. The number of ether oxygens (including phenoxy) is 3. The van der Waals surface area contributed by atoms with Crippen LogP contribution in [0.15, 0.2) is 71.6 Å². The predicted molar refractivity (Wildman–Crippen MR) is 136 cm³/mol. The summed E-state index contributed by atoms with van der Waals surface area (Å²) in [4.78, 5) is 37.8. The van der Waals surface area contributed by atoms with Crippen molar-refractivity contribution in [2.45, 2.75) is 32.3 Å². The molecule has 2 aromatic rings. The molecule has 2 aromatic carbocycles. The van der Waals surface area contributed by atoms with Gasteiger partial charge in [-0.1, -0.05) is 30.3 Å². The number of aliphatic hydroxyl groups is 2. The quantitative estimate of drug-likeness (QED) is 0.270. The molecule has 0 aromatic heterocycles. The van der Waals surface area contributed by atoms with Gasteiger partial charge in [0.2, 0.25) is 0 Å². The highest BCUT2D eigenvalue weighted by molar-refractivity contribution is 5.93. The van der Waals surface area contributed by atoms with Gasteiger partial charge in [-0.3, -0.25) is 15.0 Å². The molecular formula is C27H30N2O9. The molecule has 0 saturated heterocycles. The first kappa shape index (κ1) is 28.4. The van der Waals surface area contributed by atoms with Crippen molar-refractivity contribution in [2.75, 3.05) is 26.9 Å². The second-order valence-electron chi connectivity index (χ2n) is 8.62. The number of esters is 1. The Hall–Kier alpha value is -4.22. The Balaban J connectivity index is 1.78. The number of nitro groups is 1. The number of hydrogen-bond acceptors (Lipinski definition) is 9. The van der Waals surface area contributed by atoms with E-state index in [2.05, 4.69) is 0 Å². The lowest BCUT2D eigenvalue weighted by Crippen LogP contribution is -2.34. The van der Waals surface area contributed by atoms with Crippen molar-refractivity contribution in [3.63, 3.8) is 0 Å². The molecule has 3 rings (SSSR count). The number of carbonyl (C=O) groups excluding carboxylic acids is 2. The zero-order valence-electron chi connectivity index (χ0n) is 21.3. The number of rotatable bonds is 10. The van der Waals surface area contributed by atoms with Gasteiger partial charge >= 0.3 is 12.1 Å². The maximum atomic E-state index is 13.3. The fraction of sp³-hybridized carbons (Fsp3) is 0.333. The maximum Gasteiger partial charge on any atom is 0.418 e. The van der Waals surface area contributed by atoms with Crippen molar-refractivity contribution in [3.8, 4) is 5.75 Å². The number of nitrogens with zero attached hydrogens (tertiary/aromatic N) is 2. The van der Waals surface area contributed by atoms with Gasteiger partial charge in [-0.05, 0) is 37.1 Å². The second kappa shape index (κ2) is 12.8. The molecule has 11 nitrogen and oxygen atoms in total. The van der Waals surface area contributed by atoms with Gasteiger partial charge in [0.1, 0.15) is 18.5 Å². The average molecular weight is 527 g/mol. The first-order valence-corrected chi connectivity index (χ1v) is 11.9. The highest BCUT2D eigenvalue weighted by atomic mass is 16.6. The van der Waals surface area contributed by atoms with Crippen LogP contribution >= 0.6 is 0 Å². The fourth-order valence-corrected chi connectivity index (χ4v) is 4.09. The van der Waals surface area contributed by atoms with Gasteiger partial charge in [0, 0.05) is 35.9 Å². The number of allylic oxidation sites excluding steroid dienone is 3. The number of aliphatic hydroxyl groups excluding tert-OH is 2. The van der Waals surface area contributed by atoms with Gasteiger partial charge in [0.05, 0.1) is 30.8 Å². The van der Waals surface area contributed by atoms with Crippen LogP contribution in [-0.4, -0.2) is 65.1 Å². The number of non-ortho nitro benzene ring substituents is 1. The summed E-state index contributed by atoms with van der Waals surface area (Å²) in [5.41, 5.74) is 2.25. The van der Waals surface area contributed by atoms with Crippen LogP contribution in [-0.2, 0) is 20.7 Å². The topological polar surface area (TPSA) is 149 Å². The Labute approximate surface area is 219 Å². The summed E-state index contributed by atoms with van der Waals surface area (Å²) < 4.78 is 15.8. The molecule has 0 saturated carbocycles. The number of amides is 1. The monoisotopic (exact) mass is 526 g/mol. The van der Waals surface area contributed by atoms with Crippen LogP contribution in [0.25, 0.3) is 0 Å². The van der Waals surface area contributed by atoms with Crippen molar-refractivity contribution in [2.24, 2.45) is 0 Å². The molecule has 202 valence electrons. The Bertz CT molecular complexity index is 1240. The largest absolute Gasteiger partial charge is 0.491 e. The molecule has 1 amide bonds. The van der Waals surface area contributed by atoms with E-state index in [0.717, 1.165) is 5.56 Å². The van der Waals surface area contributed by atoms with Gasteiger partial charge in [-0.2, -0.15) is 0 Å². The molecule has 0 radical (unpaired) electrons. The minimum absolute atomic E-state index is 0.0375. The summed E-state index contributed by atoms with van der Waals surface area (Å²) in [7, 11) is 1.23. The van der Waals surface area contributed by atoms with Crippen LogP contribution < -0.4 is 4.74 Å². The molecule has 1 aliphatic heterocycles. The van der Waals surface area contributed by atoms with E-state index in [1.54, 1.807) is 56.3 Å². The molecule has 0 fully saturated rings. The Morgan fingerprint density at radius 2 is 1.87 bits per heavy atom. The van der Waals surface area contributed by atoms with E-state index in [-0.39, 0.29) is 24.5 Å². The normalized spacial score (nSPS) is 16.0. The number of hydrogen-bond donors (Lipinski definition) is 2. The molecule has 2 atom stereocenters. The zero-order chi connectivity index (χ0) is 27.8. The highest BCUT2D eigenvalue weighted by Gasteiger charge is 2.35. The van der Waals surface area contributed by atoms with Crippen molar-refractivity contribution in [1.82, 2.24) is 4.90 Å². The predicted octanol–water partition coefficient (Wildman–Crippen LogP) is 3.46. The Morgan fingerprint density at radius 1 is 1.16 bits per heavy atom. The molecule has 2 N–H and O–H groups in total. The number of carbonyl (C=O) groups is 2. The minimum Gasteiger partial charge on any atom is -0.491 e. The molecule has 0 bridgehead atoms. The summed E-state index contributed by atoms with van der Waals surface area (Å²) in [6.07, 6.45) is 0.430. The number of benzene rings is 2. The van der Waals surface area contributed by atoms with E-state index in [9.17, 15) is 24.8 Å². The van der Waals surface area contributed by atoms with Crippen molar-refractivity contribution >= 4 is 17.7 Å². The molecule has 38 heavy (non-hydrogen) atoms. The number of methoxy groups -OCH3 is 1. The standard InChI is InChI=1S/C27H30N2O9/c1-17-13-24(20-5-4-6-21(14-20)29(34)35)25(18(2)28(17)27(33)36-3)26(32)37-12-11-19-7-9-23(10-8-19)38-16-22(31)15-30/h4-10,13-14,22,24,30-31H,11-12,15-16H2,1-3H3. The molecule has 2 unspecified atom stereocenters. The van der Waals surface area contributed by atoms with E-state index in [0.29, 0.717) is 29.1 Å². The maximum absolute atomic E-state index is 13.3. The third-order valence-electron chi connectivity index (χ3n) is 6.01. The molecule has 11 heteroatoms. The summed E-state index contributed by atoms with van der Waals surface area (Å²) in [6, 6.07) is 13.0. The van der Waals surface area contributed by atoms with Gasteiger partial charge < -0.3 is 24.4 Å². The minimum atomic E-state index is -0.966. The zero-order valence-corrected chi connectivity index (χ0v) is 21.3. The molecular weight excluding hydrogens is 496 g/mol. The van der Waals surface area contributed by atoms with Crippen LogP contribution in [0.4, 0.5) is 10.5 Å². The lowest BCUT2D eigenvalue weighted by Gasteiger charge is -2.32. The van der Waals surface area contributed by atoms with E-state index in [4.69, 9.17) is 19.3 Å². The Kier molecular flexibility index (Phi) is 9.58. The molecule has 1 aliphatic rings. The average Bonchev–Trinajstić information content (AvgIpc) is 2.91. The van der Waals surface area contributed by atoms with Gasteiger partial charge in [-0.15, -0.1) is 0 Å². The van der Waals surface area contributed by atoms with Crippen molar-refractivity contribution < 1.29 is 38.9 Å².